The maximum Gasteiger partial charge on any atom is 0.416 e. The molecule has 0 amide bonds. The predicted octanol–water partition coefficient (Wildman–Crippen LogP) is 2.92. The van der Waals surface area contributed by atoms with Gasteiger partial charge in [-0.2, -0.15) is 13.2 Å². The first kappa shape index (κ1) is 16.2. The highest BCUT2D eigenvalue weighted by molar-refractivity contribution is 5.24. The number of nitrogens with zero attached hydrogens (tertiary/aromatic N) is 1. The SMILES string of the molecule is NC1CCN(CCc2ccc(C(F)(F)F)cc2)CC1(F)F. The Balaban J connectivity index is 1.89. The molecule has 1 aromatic rings. The van der Waals surface area contributed by atoms with Crippen molar-refractivity contribution in [1.29, 1.82) is 0 Å². The maximum atomic E-state index is 13.5. The van der Waals surface area contributed by atoms with Gasteiger partial charge in [-0.25, -0.2) is 8.78 Å². The summed E-state index contributed by atoms with van der Waals surface area (Å²) in [6, 6.07) is 3.68. The number of nitrogens with two attached hydrogens (primary N) is 1. The van der Waals surface area contributed by atoms with Gasteiger partial charge in [0, 0.05) is 13.1 Å². The highest BCUT2D eigenvalue weighted by Gasteiger charge is 2.42. The second-order valence-electron chi connectivity index (χ2n) is 5.38. The van der Waals surface area contributed by atoms with Crippen molar-refractivity contribution < 1.29 is 22.0 Å². The molecular weight excluding hydrogens is 291 g/mol. The molecule has 0 saturated carbocycles. The molecule has 0 aromatic heterocycles. The fourth-order valence-electron chi connectivity index (χ4n) is 2.37. The Morgan fingerprint density at radius 2 is 1.81 bits per heavy atom. The number of hydrogen-bond acceptors (Lipinski definition) is 2. The van der Waals surface area contributed by atoms with Crippen LogP contribution in [-0.2, 0) is 12.6 Å². The van der Waals surface area contributed by atoms with Gasteiger partial charge in [0.2, 0.25) is 0 Å². The van der Waals surface area contributed by atoms with Gasteiger partial charge in [0.05, 0.1) is 18.2 Å². The molecule has 1 unspecified atom stereocenters. The van der Waals surface area contributed by atoms with Gasteiger partial charge in [0.25, 0.3) is 5.92 Å². The Morgan fingerprint density at radius 3 is 2.33 bits per heavy atom. The third-order valence-corrected chi connectivity index (χ3v) is 3.73. The molecule has 2 nitrogen and oxygen atoms in total. The summed E-state index contributed by atoms with van der Waals surface area (Å²) < 4.78 is 64.2. The molecule has 2 N–H and O–H groups in total. The van der Waals surface area contributed by atoms with Crippen LogP contribution in [0.1, 0.15) is 17.5 Å². The zero-order chi connectivity index (χ0) is 15.7. The van der Waals surface area contributed by atoms with E-state index in [1.807, 2.05) is 0 Å². The van der Waals surface area contributed by atoms with E-state index < -0.39 is 30.2 Å². The molecule has 1 aromatic carbocycles. The van der Waals surface area contributed by atoms with Crippen LogP contribution >= 0.6 is 0 Å². The first-order valence-electron chi connectivity index (χ1n) is 6.70. The van der Waals surface area contributed by atoms with Crippen LogP contribution in [0, 0.1) is 0 Å². The number of rotatable bonds is 3. The van der Waals surface area contributed by atoms with Gasteiger partial charge >= 0.3 is 6.18 Å². The number of piperidine rings is 1. The summed E-state index contributed by atoms with van der Waals surface area (Å²) in [4.78, 5) is 1.60. The van der Waals surface area contributed by atoms with Gasteiger partial charge in [-0.15, -0.1) is 0 Å². The predicted molar refractivity (Wildman–Crippen MR) is 69.1 cm³/mol. The van der Waals surface area contributed by atoms with E-state index >= 15 is 0 Å². The molecule has 7 heteroatoms. The number of alkyl halides is 5. The lowest BCUT2D eigenvalue weighted by atomic mass is 10.0. The van der Waals surface area contributed by atoms with E-state index in [-0.39, 0.29) is 6.42 Å². The first-order valence-corrected chi connectivity index (χ1v) is 6.70. The zero-order valence-corrected chi connectivity index (χ0v) is 11.3. The molecule has 118 valence electrons. The highest BCUT2D eigenvalue weighted by atomic mass is 19.4. The molecule has 1 aliphatic heterocycles. The van der Waals surface area contributed by atoms with Crippen LogP contribution in [-0.4, -0.2) is 36.5 Å². The Kier molecular flexibility index (Phi) is 4.53. The topological polar surface area (TPSA) is 29.3 Å². The fourth-order valence-corrected chi connectivity index (χ4v) is 2.37. The van der Waals surface area contributed by atoms with Crippen LogP contribution in [0.25, 0.3) is 0 Å². The fraction of sp³-hybridized carbons (Fsp3) is 0.571. The minimum atomic E-state index is -4.36. The number of benzene rings is 1. The summed E-state index contributed by atoms with van der Waals surface area (Å²) in [5.74, 6) is -2.90. The van der Waals surface area contributed by atoms with Crippen molar-refractivity contribution in [2.24, 2.45) is 5.73 Å². The molecule has 0 aliphatic carbocycles. The Hall–Kier alpha value is -1.21. The molecule has 1 fully saturated rings. The lowest BCUT2D eigenvalue weighted by molar-refractivity contribution is -0.137. The van der Waals surface area contributed by atoms with Gasteiger partial charge in [-0.1, -0.05) is 12.1 Å². The van der Waals surface area contributed by atoms with Crippen LogP contribution in [0.15, 0.2) is 24.3 Å². The summed E-state index contributed by atoms with van der Waals surface area (Å²) in [6.07, 6.45) is -3.70. The van der Waals surface area contributed by atoms with E-state index in [2.05, 4.69) is 0 Å². The zero-order valence-electron chi connectivity index (χ0n) is 11.3. The van der Waals surface area contributed by atoms with Crippen molar-refractivity contribution >= 4 is 0 Å². The molecule has 1 heterocycles. The van der Waals surface area contributed by atoms with Crippen molar-refractivity contribution in [3.63, 3.8) is 0 Å². The number of hydrogen-bond donors (Lipinski definition) is 1. The smallest absolute Gasteiger partial charge is 0.323 e. The van der Waals surface area contributed by atoms with Crippen molar-refractivity contribution in [1.82, 2.24) is 4.90 Å². The molecule has 1 aliphatic rings. The third-order valence-electron chi connectivity index (χ3n) is 3.73. The largest absolute Gasteiger partial charge is 0.416 e. The minimum absolute atomic E-state index is 0.222. The van der Waals surface area contributed by atoms with E-state index in [0.717, 1.165) is 12.1 Å². The quantitative estimate of drug-likeness (QED) is 0.870. The summed E-state index contributed by atoms with van der Waals surface area (Å²) in [7, 11) is 0. The number of likely N-dealkylation sites (tertiary alicyclic amines) is 1. The second-order valence-corrected chi connectivity index (χ2v) is 5.38. The van der Waals surface area contributed by atoms with E-state index in [1.165, 1.54) is 12.1 Å². The van der Waals surface area contributed by atoms with Crippen LogP contribution in [0.2, 0.25) is 0 Å². The average molecular weight is 308 g/mol. The Bertz CT molecular complexity index is 469. The van der Waals surface area contributed by atoms with E-state index in [1.54, 1.807) is 4.90 Å². The molecule has 2 rings (SSSR count). The summed E-state index contributed by atoms with van der Waals surface area (Å²) in [5, 5.41) is 0. The highest BCUT2D eigenvalue weighted by Crippen LogP contribution is 2.29. The minimum Gasteiger partial charge on any atom is -0.323 e. The molecule has 0 spiro atoms. The lowest BCUT2D eigenvalue weighted by Gasteiger charge is -2.36. The monoisotopic (exact) mass is 308 g/mol. The van der Waals surface area contributed by atoms with Crippen molar-refractivity contribution in [2.75, 3.05) is 19.6 Å². The number of halogens is 5. The van der Waals surface area contributed by atoms with E-state index in [4.69, 9.17) is 5.73 Å². The summed E-state index contributed by atoms with van der Waals surface area (Å²) >= 11 is 0. The normalized spacial score (nSPS) is 23.2. The van der Waals surface area contributed by atoms with Gasteiger partial charge in [-0.05, 0) is 30.5 Å². The van der Waals surface area contributed by atoms with Crippen molar-refractivity contribution in [3.8, 4) is 0 Å². The standard InChI is InChI=1S/C14H17F5N2/c15-13(16)9-21(8-6-12(13)20)7-5-10-1-3-11(4-2-10)14(17,18)19/h1-4,12H,5-9,20H2. The van der Waals surface area contributed by atoms with Gasteiger partial charge in [0.15, 0.2) is 0 Å². The lowest BCUT2D eigenvalue weighted by Crippen LogP contribution is -2.55. The van der Waals surface area contributed by atoms with Gasteiger partial charge in [-0.3, -0.25) is 4.90 Å². The van der Waals surface area contributed by atoms with Crippen LogP contribution in [0.3, 0.4) is 0 Å². The van der Waals surface area contributed by atoms with Crippen LogP contribution in [0.4, 0.5) is 22.0 Å². The molecular formula is C14H17F5N2. The Morgan fingerprint density at radius 1 is 1.19 bits per heavy atom. The molecule has 1 saturated heterocycles. The first-order chi connectivity index (χ1) is 9.68. The van der Waals surface area contributed by atoms with Gasteiger partial charge < -0.3 is 5.73 Å². The second kappa shape index (κ2) is 5.88. The van der Waals surface area contributed by atoms with E-state index in [9.17, 15) is 22.0 Å². The summed E-state index contributed by atoms with van der Waals surface area (Å²) in [6.45, 7) is 0.472. The Labute approximate surface area is 119 Å². The van der Waals surface area contributed by atoms with Crippen molar-refractivity contribution in [2.45, 2.75) is 31.0 Å². The van der Waals surface area contributed by atoms with Crippen LogP contribution < -0.4 is 5.73 Å². The molecule has 21 heavy (non-hydrogen) atoms. The molecule has 0 bridgehead atoms. The van der Waals surface area contributed by atoms with Gasteiger partial charge in [0.1, 0.15) is 0 Å². The third kappa shape index (κ3) is 4.14. The van der Waals surface area contributed by atoms with Crippen LogP contribution in [0.5, 0.6) is 0 Å². The van der Waals surface area contributed by atoms with Crippen molar-refractivity contribution in [3.05, 3.63) is 35.4 Å². The maximum absolute atomic E-state index is 13.5. The van der Waals surface area contributed by atoms with E-state index in [0.29, 0.717) is 25.1 Å². The molecule has 1 atom stereocenters. The average Bonchev–Trinajstić information content (AvgIpc) is 2.39. The summed E-state index contributed by atoms with van der Waals surface area (Å²) in [5.41, 5.74) is 5.34. The molecule has 0 radical (unpaired) electrons.